The Bertz CT molecular complexity index is 597. The van der Waals surface area contributed by atoms with Crippen molar-refractivity contribution in [2.24, 2.45) is 11.8 Å². The van der Waals surface area contributed by atoms with E-state index >= 15 is 0 Å². The van der Waals surface area contributed by atoms with Crippen LogP contribution in [0.3, 0.4) is 0 Å². The van der Waals surface area contributed by atoms with Gasteiger partial charge in [-0.25, -0.2) is 0 Å². The van der Waals surface area contributed by atoms with Gasteiger partial charge in [0.25, 0.3) is 0 Å². The maximum absolute atomic E-state index is 12.8. The number of rotatable bonds is 3. The molecule has 2 aliphatic carbocycles. The number of hydrogen-bond acceptors (Lipinski definition) is 2. The van der Waals surface area contributed by atoms with Crippen LogP contribution in [-0.2, 0) is 9.59 Å². The van der Waals surface area contributed by atoms with Crippen molar-refractivity contribution in [3.8, 4) is 0 Å². The number of nitrogens with zero attached hydrogens (tertiary/aromatic N) is 1. The quantitative estimate of drug-likeness (QED) is 0.932. The number of hydrogen-bond donors (Lipinski definition) is 1. The van der Waals surface area contributed by atoms with Crippen LogP contribution in [0.4, 0.5) is 5.69 Å². The van der Waals surface area contributed by atoms with Crippen molar-refractivity contribution < 1.29 is 9.59 Å². The number of likely N-dealkylation sites (tertiary alicyclic amines) is 1. The molecule has 1 saturated heterocycles. The first-order valence-electron chi connectivity index (χ1n) is 8.92. The van der Waals surface area contributed by atoms with Gasteiger partial charge in [0.05, 0.1) is 0 Å². The Kier molecular flexibility index (Phi) is 3.83. The molecule has 1 aromatic rings. The van der Waals surface area contributed by atoms with Gasteiger partial charge in [0.15, 0.2) is 0 Å². The summed E-state index contributed by atoms with van der Waals surface area (Å²) < 4.78 is 0. The molecule has 0 radical (unpaired) electrons. The van der Waals surface area contributed by atoms with Crippen LogP contribution >= 0.6 is 0 Å². The van der Waals surface area contributed by atoms with Crippen LogP contribution in [0.15, 0.2) is 30.3 Å². The summed E-state index contributed by atoms with van der Waals surface area (Å²) in [6, 6.07) is 9.57. The first-order chi connectivity index (χ1) is 11.2. The Morgan fingerprint density at radius 1 is 1.00 bits per heavy atom. The van der Waals surface area contributed by atoms with Crippen molar-refractivity contribution in [1.82, 2.24) is 4.90 Å². The second kappa shape index (κ2) is 5.99. The smallest absolute Gasteiger partial charge is 0.247 e. The van der Waals surface area contributed by atoms with Gasteiger partial charge in [-0.1, -0.05) is 31.0 Å². The molecule has 3 aliphatic rings. The van der Waals surface area contributed by atoms with Gasteiger partial charge in [0, 0.05) is 17.6 Å². The third-order valence-electron chi connectivity index (χ3n) is 5.61. The molecule has 4 rings (SSSR count). The van der Waals surface area contributed by atoms with Gasteiger partial charge in [0.1, 0.15) is 6.04 Å². The van der Waals surface area contributed by atoms with Gasteiger partial charge in [-0.05, 0) is 50.2 Å². The predicted molar refractivity (Wildman–Crippen MR) is 88.8 cm³/mol. The van der Waals surface area contributed by atoms with Gasteiger partial charge in [-0.3, -0.25) is 9.59 Å². The molecule has 2 amide bonds. The van der Waals surface area contributed by atoms with Crippen LogP contribution in [0, 0.1) is 11.8 Å². The first kappa shape index (κ1) is 14.7. The second-order valence-electron chi connectivity index (χ2n) is 7.24. The fraction of sp³-hybridized carbons (Fsp3) is 0.579. The van der Waals surface area contributed by atoms with E-state index in [0.29, 0.717) is 12.0 Å². The highest BCUT2D eigenvalue weighted by Gasteiger charge is 2.50. The third-order valence-corrected chi connectivity index (χ3v) is 5.61. The number of fused-ring (bicyclic) bond motifs is 1. The molecule has 1 N–H and O–H groups in total. The molecule has 0 aromatic heterocycles. The Hall–Kier alpha value is -1.84. The minimum Gasteiger partial charge on any atom is -0.327 e. The lowest BCUT2D eigenvalue weighted by molar-refractivity contribution is -0.140. The predicted octanol–water partition coefficient (Wildman–Crippen LogP) is 3.19. The summed E-state index contributed by atoms with van der Waals surface area (Å²) in [5.41, 5.74) is 0.811. The molecule has 0 spiro atoms. The van der Waals surface area contributed by atoms with E-state index in [4.69, 9.17) is 0 Å². The van der Waals surface area contributed by atoms with E-state index < -0.39 is 0 Å². The van der Waals surface area contributed by atoms with E-state index in [1.54, 1.807) is 0 Å². The maximum atomic E-state index is 12.8. The molecule has 2 saturated carbocycles. The van der Waals surface area contributed by atoms with Crippen LogP contribution in [0.1, 0.15) is 44.9 Å². The molecule has 1 aromatic carbocycles. The van der Waals surface area contributed by atoms with E-state index in [1.807, 2.05) is 35.2 Å². The summed E-state index contributed by atoms with van der Waals surface area (Å²) >= 11 is 0. The highest BCUT2D eigenvalue weighted by molar-refractivity contribution is 5.98. The Morgan fingerprint density at radius 3 is 2.48 bits per heavy atom. The average molecular weight is 312 g/mol. The summed E-state index contributed by atoms with van der Waals surface area (Å²) in [7, 11) is 0. The zero-order valence-corrected chi connectivity index (χ0v) is 13.4. The Balaban J connectivity index is 1.54. The summed E-state index contributed by atoms with van der Waals surface area (Å²) in [5, 5.41) is 3.00. The molecule has 4 heteroatoms. The summed E-state index contributed by atoms with van der Waals surface area (Å²) in [5.74, 6) is 0.910. The zero-order chi connectivity index (χ0) is 15.8. The van der Waals surface area contributed by atoms with Crippen LogP contribution in [0.5, 0.6) is 0 Å². The van der Waals surface area contributed by atoms with Gasteiger partial charge < -0.3 is 10.2 Å². The topological polar surface area (TPSA) is 49.4 Å². The molecule has 3 fully saturated rings. The van der Waals surface area contributed by atoms with E-state index in [0.717, 1.165) is 37.8 Å². The molecule has 3 atom stereocenters. The SMILES string of the molecule is O=C(Nc1ccccc1)[C@@H]1C[C@@H]2CCCC[C@H]2N1C(=O)C1CC1. The Labute approximate surface area is 137 Å². The molecular formula is C19H24N2O2. The van der Waals surface area contributed by atoms with Crippen molar-refractivity contribution in [1.29, 1.82) is 0 Å². The van der Waals surface area contributed by atoms with Crippen LogP contribution < -0.4 is 5.32 Å². The fourth-order valence-corrected chi connectivity index (χ4v) is 4.30. The third kappa shape index (κ3) is 2.87. The van der Waals surface area contributed by atoms with Gasteiger partial charge in [-0.15, -0.1) is 0 Å². The summed E-state index contributed by atoms with van der Waals surface area (Å²) in [4.78, 5) is 27.6. The van der Waals surface area contributed by atoms with E-state index in [9.17, 15) is 9.59 Å². The standard InChI is InChI=1S/C19H24N2O2/c22-18(20-15-7-2-1-3-8-15)17-12-14-6-4-5-9-16(14)21(17)19(23)13-10-11-13/h1-3,7-8,13-14,16-17H,4-6,9-12H2,(H,20,22)/t14-,16+,17-/m0/s1. The Morgan fingerprint density at radius 2 is 1.74 bits per heavy atom. The van der Waals surface area contributed by atoms with Crippen molar-refractivity contribution in [2.75, 3.05) is 5.32 Å². The van der Waals surface area contributed by atoms with Crippen LogP contribution in [0.25, 0.3) is 0 Å². The van der Waals surface area contributed by atoms with Crippen molar-refractivity contribution in [2.45, 2.75) is 57.0 Å². The lowest BCUT2D eigenvalue weighted by atomic mass is 9.84. The lowest BCUT2D eigenvalue weighted by Gasteiger charge is -2.33. The van der Waals surface area contributed by atoms with E-state index in [-0.39, 0.29) is 23.8 Å². The zero-order valence-electron chi connectivity index (χ0n) is 13.4. The highest BCUT2D eigenvalue weighted by atomic mass is 16.2. The average Bonchev–Trinajstić information content (AvgIpc) is 3.35. The number of nitrogens with one attached hydrogen (secondary N) is 1. The van der Waals surface area contributed by atoms with E-state index in [2.05, 4.69) is 5.32 Å². The molecular weight excluding hydrogens is 288 g/mol. The molecule has 23 heavy (non-hydrogen) atoms. The van der Waals surface area contributed by atoms with Gasteiger partial charge in [0.2, 0.25) is 11.8 Å². The number of benzene rings is 1. The van der Waals surface area contributed by atoms with Gasteiger partial charge in [-0.2, -0.15) is 0 Å². The van der Waals surface area contributed by atoms with Crippen molar-refractivity contribution >= 4 is 17.5 Å². The second-order valence-corrected chi connectivity index (χ2v) is 7.24. The monoisotopic (exact) mass is 312 g/mol. The largest absolute Gasteiger partial charge is 0.327 e. The maximum Gasteiger partial charge on any atom is 0.247 e. The van der Waals surface area contributed by atoms with Gasteiger partial charge >= 0.3 is 0 Å². The van der Waals surface area contributed by atoms with Crippen LogP contribution in [0.2, 0.25) is 0 Å². The molecule has 0 bridgehead atoms. The molecule has 0 unspecified atom stereocenters. The minimum absolute atomic E-state index is 0.0143. The summed E-state index contributed by atoms with van der Waals surface area (Å²) in [6.45, 7) is 0. The number of carbonyl (C=O) groups is 2. The minimum atomic E-state index is -0.281. The lowest BCUT2D eigenvalue weighted by Crippen LogP contribution is -2.48. The van der Waals surface area contributed by atoms with E-state index in [1.165, 1.54) is 12.8 Å². The normalized spacial score (nSPS) is 29.9. The highest BCUT2D eigenvalue weighted by Crippen LogP contribution is 2.43. The number of para-hydroxylation sites is 1. The molecule has 1 aliphatic heterocycles. The first-order valence-corrected chi connectivity index (χ1v) is 8.92. The number of anilines is 1. The number of carbonyl (C=O) groups excluding carboxylic acids is 2. The number of amides is 2. The molecule has 4 nitrogen and oxygen atoms in total. The fourth-order valence-electron chi connectivity index (χ4n) is 4.30. The van der Waals surface area contributed by atoms with Crippen LogP contribution in [-0.4, -0.2) is 28.8 Å². The summed E-state index contributed by atoms with van der Waals surface area (Å²) in [6.07, 6.45) is 7.48. The van der Waals surface area contributed by atoms with Crippen molar-refractivity contribution in [3.05, 3.63) is 30.3 Å². The van der Waals surface area contributed by atoms with Crippen molar-refractivity contribution in [3.63, 3.8) is 0 Å². The molecule has 122 valence electrons. The molecule has 1 heterocycles.